The maximum absolute atomic E-state index is 12.5. The summed E-state index contributed by atoms with van der Waals surface area (Å²) in [4.78, 5) is 33.4. The fourth-order valence-electron chi connectivity index (χ4n) is 2.56. The summed E-state index contributed by atoms with van der Waals surface area (Å²) in [6, 6.07) is 12.1. The second-order valence-corrected chi connectivity index (χ2v) is 7.18. The van der Waals surface area contributed by atoms with E-state index in [1.54, 1.807) is 35.2 Å². The summed E-state index contributed by atoms with van der Waals surface area (Å²) in [5.74, 6) is 0.803. The molecule has 0 atom stereocenters. The molecule has 0 aliphatic heterocycles. The number of carbonyl (C=O) groups is 1. The molecule has 1 amide bonds. The van der Waals surface area contributed by atoms with Gasteiger partial charge in [0, 0.05) is 16.0 Å². The Morgan fingerprint density at radius 3 is 2.70 bits per heavy atom. The second kappa shape index (κ2) is 8.54. The summed E-state index contributed by atoms with van der Waals surface area (Å²) in [6.45, 7) is 2.39. The Bertz CT molecular complexity index is 1020. The molecule has 0 aliphatic rings. The molecular weight excluding hydrogens is 434 g/mol. The number of fused-ring (bicyclic) bond motifs is 1. The van der Waals surface area contributed by atoms with Crippen molar-refractivity contribution in [1.82, 2.24) is 14.9 Å². The van der Waals surface area contributed by atoms with Crippen molar-refractivity contribution >= 4 is 44.3 Å². The normalized spacial score (nSPS) is 10.8. The quantitative estimate of drug-likeness (QED) is 0.620. The number of ether oxygens (including phenoxy) is 1. The molecule has 3 rings (SSSR count). The minimum absolute atomic E-state index is 0.0981. The minimum atomic E-state index is -0.263. The standard InChI is InChI=1S/C19H17BrClN3O3/c1-2-24(18(25)11-27-14-6-3-12(20)4-7-14)10-17-22-16-9-13(21)5-8-15(16)19(26)23-17/h3-9H,2,10-11H2,1H3,(H,22,23,26). The molecule has 0 saturated heterocycles. The van der Waals surface area contributed by atoms with Gasteiger partial charge in [-0.25, -0.2) is 4.98 Å². The van der Waals surface area contributed by atoms with Gasteiger partial charge in [0.1, 0.15) is 11.6 Å². The molecule has 8 heteroatoms. The number of benzene rings is 2. The molecule has 0 radical (unpaired) electrons. The van der Waals surface area contributed by atoms with Gasteiger partial charge in [0.05, 0.1) is 17.4 Å². The van der Waals surface area contributed by atoms with E-state index in [0.29, 0.717) is 34.0 Å². The first-order valence-electron chi connectivity index (χ1n) is 8.31. The predicted molar refractivity (Wildman–Crippen MR) is 108 cm³/mol. The summed E-state index contributed by atoms with van der Waals surface area (Å²) >= 11 is 9.33. The van der Waals surface area contributed by atoms with Gasteiger partial charge >= 0.3 is 0 Å². The second-order valence-electron chi connectivity index (χ2n) is 5.82. The van der Waals surface area contributed by atoms with Gasteiger partial charge in [0.2, 0.25) is 0 Å². The number of carbonyl (C=O) groups excluding carboxylic acids is 1. The lowest BCUT2D eigenvalue weighted by Gasteiger charge is -2.20. The van der Waals surface area contributed by atoms with E-state index in [2.05, 4.69) is 25.9 Å². The zero-order valence-corrected chi connectivity index (χ0v) is 16.9. The zero-order valence-electron chi connectivity index (χ0n) is 14.5. The SMILES string of the molecule is CCN(Cc1nc2cc(Cl)ccc2c(=O)[nH]1)C(=O)COc1ccc(Br)cc1. The maximum atomic E-state index is 12.5. The molecule has 2 aromatic carbocycles. The predicted octanol–water partition coefficient (Wildman–Crippen LogP) is 3.77. The highest BCUT2D eigenvalue weighted by atomic mass is 79.9. The van der Waals surface area contributed by atoms with Gasteiger partial charge in [0.25, 0.3) is 11.5 Å². The van der Waals surface area contributed by atoms with Crippen LogP contribution in [-0.4, -0.2) is 33.9 Å². The van der Waals surface area contributed by atoms with Crippen LogP contribution in [0.2, 0.25) is 5.02 Å². The first-order valence-corrected chi connectivity index (χ1v) is 9.48. The molecule has 3 aromatic rings. The molecule has 140 valence electrons. The van der Waals surface area contributed by atoms with Gasteiger partial charge in [-0.1, -0.05) is 27.5 Å². The third-order valence-electron chi connectivity index (χ3n) is 3.97. The van der Waals surface area contributed by atoms with Crippen molar-refractivity contribution in [2.75, 3.05) is 13.2 Å². The van der Waals surface area contributed by atoms with Gasteiger partial charge in [-0.15, -0.1) is 0 Å². The van der Waals surface area contributed by atoms with Gasteiger partial charge in [0.15, 0.2) is 6.61 Å². The number of H-pyrrole nitrogens is 1. The highest BCUT2D eigenvalue weighted by Crippen LogP contribution is 2.17. The van der Waals surface area contributed by atoms with Crippen LogP contribution in [0.4, 0.5) is 0 Å². The van der Waals surface area contributed by atoms with Crippen molar-refractivity contribution in [1.29, 1.82) is 0 Å². The Labute approximate surface area is 169 Å². The zero-order chi connectivity index (χ0) is 19.4. The fourth-order valence-corrected chi connectivity index (χ4v) is 2.99. The highest BCUT2D eigenvalue weighted by Gasteiger charge is 2.15. The number of aromatic amines is 1. The Kier molecular flexibility index (Phi) is 6.13. The van der Waals surface area contributed by atoms with Crippen molar-refractivity contribution in [3.05, 3.63) is 68.1 Å². The highest BCUT2D eigenvalue weighted by molar-refractivity contribution is 9.10. The molecule has 0 spiro atoms. The van der Waals surface area contributed by atoms with Crippen molar-refractivity contribution in [3.8, 4) is 5.75 Å². The molecule has 0 aliphatic carbocycles. The molecule has 27 heavy (non-hydrogen) atoms. The lowest BCUT2D eigenvalue weighted by molar-refractivity contribution is -0.133. The van der Waals surface area contributed by atoms with Crippen LogP contribution in [0.15, 0.2) is 51.7 Å². The molecule has 1 aromatic heterocycles. The molecule has 0 fully saturated rings. The van der Waals surface area contributed by atoms with Crippen LogP contribution < -0.4 is 10.3 Å². The molecule has 0 saturated carbocycles. The number of likely N-dealkylation sites (N-methyl/N-ethyl adjacent to an activating group) is 1. The molecule has 6 nitrogen and oxygen atoms in total. The lowest BCUT2D eigenvalue weighted by Crippen LogP contribution is -2.35. The van der Waals surface area contributed by atoms with Crippen LogP contribution in [-0.2, 0) is 11.3 Å². The van der Waals surface area contributed by atoms with E-state index in [-0.39, 0.29) is 24.6 Å². The van der Waals surface area contributed by atoms with Gasteiger partial charge in [-0.2, -0.15) is 0 Å². The summed E-state index contributed by atoms with van der Waals surface area (Å²) in [5.41, 5.74) is 0.233. The number of nitrogens with one attached hydrogen (secondary N) is 1. The summed E-state index contributed by atoms with van der Waals surface area (Å²) in [6.07, 6.45) is 0. The van der Waals surface area contributed by atoms with E-state index in [1.807, 2.05) is 19.1 Å². The van der Waals surface area contributed by atoms with Crippen LogP contribution in [0.3, 0.4) is 0 Å². The van der Waals surface area contributed by atoms with E-state index < -0.39 is 0 Å². The topological polar surface area (TPSA) is 75.3 Å². The van der Waals surface area contributed by atoms with Crippen LogP contribution >= 0.6 is 27.5 Å². The van der Waals surface area contributed by atoms with Gasteiger partial charge < -0.3 is 14.6 Å². The Morgan fingerprint density at radius 2 is 2.00 bits per heavy atom. The molecule has 0 unspecified atom stereocenters. The van der Waals surface area contributed by atoms with E-state index in [4.69, 9.17) is 16.3 Å². The first-order chi connectivity index (χ1) is 13.0. The van der Waals surface area contributed by atoms with E-state index >= 15 is 0 Å². The van der Waals surface area contributed by atoms with E-state index in [1.165, 1.54) is 0 Å². The lowest BCUT2D eigenvalue weighted by atomic mass is 10.2. The molecule has 1 heterocycles. The third kappa shape index (κ3) is 4.87. The average molecular weight is 451 g/mol. The smallest absolute Gasteiger partial charge is 0.260 e. The molecular formula is C19H17BrClN3O3. The van der Waals surface area contributed by atoms with Crippen molar-refractivity contribution in [2.45, 2.75) is 13.5 Å². The number of aromatic nitrogens is 2. The number of hydrogen-bond donors (Lipinski definition) is 1. The number of hydrogen-bond acceptors (Lipinski definition) is 4. The molecule has 1 N–H and O–H groups in total. The number of halogens is 2. The fraction of sp³-hybridized carbons (Fsp3) is 0.211. The van der Waals surface area contributed by atoms with Crippen LogP contribution in [0, 0.1) is 0 Å². The largest absolute Gasteiger partial charge is 0.484 e. The van der Waals surface area contributed by atoms with Gasteiger partial charge in [-0.05, 0) is 49.4 Å². The first kappa shape index (κ1) is 19.4. The average Bonchev–Trinajstić information content (AvgIpc) is 2.65. The number of rotatable bonds is 6. The minimum Gasteiger partial charge on any atom is -0.484 e. The van der Waals surface area contributed by atoms with Gasteiger partial charge in [-0.3, -0.25) is 9.59 Å². The van der Waals surface area contributed by atoms with Crippen LogP contribution in [0.25, 0.3) is 10.9 Å². The summed E-state index contributed by atoms with van der Waals surface area (Å²) < 4.78 is 6.46. The monoisotopic (exact) mass is 449 g/mol. The number of amides is 1. The summed E-state index contributed by atoms with van der Waals surface area (Å²) in [5, 5.41) is 0.953. The van der Waals surface area contributed by atoms with E-state index in [9.17, 15) is 9.59 Å². The van der Waals surface area contributed by atoms with Crippen LogP contribution in [0.1, 0.15) is 12.7 Å². The van der Waals surface area contributed by atoms with Crippen molar-refractivity contribution in [2.24, 2.45) is 0 Å². The van der Waals surface area contributed by atoms with E-state index in [0.717, 1.165) is 4.47 Å². The van der Waals surface area contributed by atoms with Crippen molar-refractivity contribution in [3.63, 3.8) is 0 Å². The Morgan fingerprint density at radius 1 is 1.26 bits per heavy atom. The Balaban J connectivity index is 1.72. The Hall–Kier alpha value is -2.38. The molecule has 0 bridgehead atoms. The number of nitrogens with zero attached hydrogens (tertiary/aromatic N) is 2. The maximum Gasteiger partial charge on any atom is 0.260 e. The van der Waals surface area contributed by atoms with Crippen LogP contribution in [0.5, 0.6) is 5.75 Å². The third-order valence-corrected chi connectivity index (χ3v) is 4.73. The van der Waals surface area contributed by atoms with Crippen molar-refractivity contribution < 1.29 is 9.53 Å². The summed E-state index contributed by atoms with van der Waals surface area (Å²) in [7, 11) is 0.